The van der Waals surface area contributed by atoms with Crippen LogP contribution in [-0.4, -0.2) is 3.97 Å². The minimum Gasteiger partial charge on any atom is -0.256 e. The fourth-order valence-corrected chi connectivity index (χ4v) is 3.66. The molecule has 20 heavy (non-hydrogen) atoms. The lowest BCUT2D eigenvalue weighted by molar-refractivity contribution is 1.22. The van der Waals surface area contributed by atoms with Gasteiger partial charge < -0.3 is 0 Å². The second kappa shape index (κ2) is 5.87. The van der Waals surface area contributed by atoms with E-state index in [9.17, 15) is 4.79 Å². The van der Waals surface area contributed by atoms with Gasteiger partial charge >= 0.3 is 4.87 Å². The quantitative estimate of drug-likeness (QED) is 0.692. The van der Waals surface area contributed by atoms with Crippen LogP contribution in [0.3, 0.4) is 0 Å². The van der Waals surface area contributed by atoms with Crippen molar-refractivity contribution in [3.8, 4) is 11.3 Å². The van der Waals surface area contributed by atoms with E-state index in [1.54, 1.807) is 3.97 Å². The van der Waals surface area contributed by atoms with Crippen molar-refractivity contribution in [2.24, 2.45) is 0 Å². The maximum atomic E-state index is 12.0. The van der Waals surface area contributed by atoms with Crippen molar-refractivity contribution in [2.45, 2.75) is 4.90 Å². The SMILES string of the molecule is O=c1scc(-c2ccccc2)n1Sc1ccc(Cl)cc1. The molecule has 0 amide bonds. The van der Waals surface area contributed by atoms with Crippen LogP contribution in [0, 0.1) is 0 Å². The molecule has 2 aromatic carbocycles. The molecule has 0 N–H and O–H groups in total. The molecule has 1 heterocycles. The molecule has 0 aliphatic heterocycles. The van der Waals surface area contributed by atoms with Crippen LogP contribution in [-0.2, 0) is 0 Å². The summed E-state index contributed by atoms with van der Waals surface area (Å²) in [6.45, 7) is 0. The first-order valence-corrected chi connectivity index (χ1v) is 7.97. The zero-order valence-electron chi connectivity index (χ0n) is 10.3. The largest absolute Gasteiger partial charge is 0.318 e. The molecule has 0 aliphatic carbocycles. The fourth-order valence-electron chi connectivity index (χ4n) is 1.78. The van der Waals surface area contributed by atoms with Gasteiger partial charge in [0.15, 0.2) is 0 Å². The van der Waals surface area contributed by atoms with Crippen LogP contribution < -0.4 is 4.87 Å². The molecule has 3 rings (SSSR count). The fraction of sp³-hybridized carbons (Fsp3) is 0. The van der Waals surface area contributed by atoms with Gasteiger partial charge in [0.1, 0.15) is 0 Å². The van der Waals surface area contributed by atoms with Gasteiger partial charge in [-0.2, -0.15) is 0 Å². The lowest BCUT2D eigenvalue weighted by Crippen LogP contribution is -2.07. The molecule has 1 aromatic heterocycles. The Hall–Kier alpha value is -1.49. The average molecular weight is 320 g/mol. The second-order valence-electron chi connectivity index (χ2n) is 4.09. The number of nitrogens with zero attached hydrogens (tertiary/aromatic N) is 1. The Morgan fingerprint density at radius 1 is 1.00 bits per heavy atom. The van der Waals surface area contributed by atoms with E-state index in [1.807, 2.05) is 60.0 Å². The van der Waals surface area contributed by atoms with E-state index >= 15 is 0 Å². The lowest BCUT2D eigenvalue weighted by atomic mass is 10.2. The molecule has 0 unspecified atom stereocenters. The Labute approximate surface area is 129 Å². The van der Waals surface area contributed by atoms with Crippen molar-refractivity contribution in [3.05, 3.63) is 74.7 Å². The smallest absolute Gasteiger partial charge is 0.256 e. The molecule has 0 atom stereocenters. The average Bonchev–Trinajstić information content (AvgIpc) is 2.84. The van der Waals surface area contributed by atoms with Gasteiger partial charge in [-0.25, -0.2) is 3.97 Å². The zero-order valence-corrected chi connectivity index (χ0v) is 12.7. The Balaban J connectivity index is 2.00. The van der Waals surface area contributed by atoms with Crippen LogP contribution in [0.25, 0.3) is 11.3 Å². The Morgan fingerprint density at radius 2 is 1.70 bits per heavy atom. The van der Waals surface area contributed by atoms with Gasteiger partial charge in [-0.1, -0.05) is 53.3 Å². The normalized spacial score (nSPS) is 10.7. The highest BCUT2D eigenvalue weighted by Crippen LogP contribution is 2.28. The Bertz CT molecular complexity index is 763. The number of rotatable bonds is 3. The summed E-state index contributed by atoms with van der Waals surface area (Å²) in [7, 11) is 0. The number of benzene rings is 2. The van der Waals surface area contributed by atoms with Crippen LogP contribution in [0.15, 0.2) is 69.7 Å². The maximum absolute atomic E-state index is 12.0. The van der Waals surface area contributed by atoms with Crippen LogP contribution in [0.4, 0.5) is 0 Å². The van der Waals surface area contributed by atoms with Crippen molar-refractivity contribution in [3.63, 3.8) is 0 Å². The predicted octanol–water partition coefficient (Wildman–Crippen LogP) is 4.79. The molecule has 0 aliphatic rings. The molecule has 0 spiro atoms. The van der Waals surface area contributed by atoms with Gasteiger partial charge in [-0.05, 0) is 36.2 Å². The number of hydrogen-bond acceptors (Lipinski definition) is 3. The van der Waals surface area contributed by atoms with Gasteiger partial charge in [0.25, 0.3) is 0 Å². The van der Waals surface area contributed by atoms with Crippen LogP contribution in [0.2, 0.25) is 5.02 Å². The number of aromatic nitrogens is 1. The van der Waals surface area contributed by atoms with E-state index in [0.717, 1.165) is 16.2 Å². The monoisotopic (exact) mass is 319 g/mol. The topological polar surface area (TPSA) is 22.0 Å². The highest BCUT2D eigenvalue weighted by Gasteiger charge is 2.10. The molecule has 3 aromatic rings. The second-order valence-corrected chi connectivity index (χ2v) is 6.37. The first kappa shape index (κ1) is 13.5. The van der Waals surface area contributed by atoms with E-state index in [0.29, 0.717) is 5.02 Å². The summed E-state index contributed by atoms with van der Waals surface area (Å²) in [6.07, 6.45) is 0. The molecule has 0 fully saturated rings. The molecule has 0 bridgehead atoms. The number of thiazole rings is 1. The summed E-state index contributed by atoms with van der Waals surface area (Å²) < 4.78 is 1.71. The summed E-state index contributed by atoms with van der Waals surface area (Å²) in [6, 6.07) is 17.4. The highest BCUT2D eigenvalue weighted by atomic mass is 35.5. The Morgan fingerprint density at radius 3 is 2.40 bits per heavy atom. The van der Waals surface area contributed by atoms with E-state index in [-0.39, 0.29) is 4.87 Å². The van der Waals surface area contributed by atoms with Gasteiger partial charge in [-0.15, -0.1) is 0 Å². The lowest BCUT2D eigenvalue weighted by Gasteiger charge is -2.06. The van der Waals surface area contributed by atoms with Crippen molar-refractivity contribution in [2.75, 3.05) is 0 Å². The van der Waals surface area contributed by atoms with E-state index < -0.39 is 0 Å². The predicted molar refractivity (Wildman–Crippen MR) is 86.7 cm³/mol. The van der Waals surface area contributed by atoms with Crippen molar-refractivity contribution < 1.29 is 0 Å². The molecule has 0 saturated carbocycles. The molecule has 2 nitrogen and oxygen atoms in total. The summed E-state index contributed by atoms with van der Waals surface area (Å²) in [5.41, 5.74) is 1.95. The number of hydrogen-bond donors (Lipinski definition) is 0. The maximum Gasteiger partial charge on any atom is 0.318 e. The molecule has 5 heteroatoms. The van der Waals surface area contributed by atoms with E-state index in [1.165, 1.54) is 23.3 Å². The minimum atomic E-state index is 0.0174. The standard InChI is InChI=1S/C15H10ClNOS2/c16-12-6-8-13(9-7-12)20-17-14(10-19-15(17)18)11-4-2-1-3-5-11/h1-10H. The third kappa shape index (κ3) is 2.82. The van der Waals surface area contributed by atoms with E-state index in [4.69, 9.17) is 11.6 Å². The molecular weight excluding hydrogens is 310 g/mol. The summed E-state index contributed by atoms with van der Waals surface area (Å²) >= 11 is 8.49. The number of halogens is 1. The third-order valence-corrected chi connectivity index (χ3v) is 4.86. The van der Waals surface area contributed by atoms with Crippen LogP contribution in [0.5, 0.6) is 0 Å². The van der Waals surface area contributed by atoms with Crippen LogP contribution in [0.1, 0.15) is 0 Å². The summed E-state index contributed by atoms with van der Waals surface area (Å²) in [5.74, 6) is 0. The summed E-state index contributed by atoms with van der Waals surface area (Å²) in [5, 5.41) is 2.58. The van der Waals surface area contributed by atoms with Gasteiger partial charge in [0, 0.05) is 20.9 Å². The van der Waals surface area contributed by atoms with Gasteiger partial charge in [0.2, 0.25) is 0 Å². The molecular formula is C15H10ClNOS2. The van der Waals surface area contributed by atoms with Crippen molar-refractivity contribution in [1.82, 2.24) is 3.97 Å². The van der Waals surface area contributed by atoms with Crippen molar-refractivity contribution >= 4 is 34.9 Å². The van der Waals surface area contributed by atoms with Crippen molar-refractivity contribution in [1.29, 1.82) is 0 Å². The van der Waals surface area contributed by atoms with Gasteiger partial charge in [-0.3, -0.25) is 4.79 Å². The highest BCUT2D eigenvalue weighted by molar-refractivity contribution is 7.98. The minimum absolute atomic E-state index is 0.0174. The Kier molecular flexibility index (Phi) is 3.96. The molecule has 0 saturated heterocycles. The molecule has 0 radical (unpaired) electrons. The van der Waals surface area contributed by atoms with Gasteiger partial charge in [0.05, 0.1) is 5.69 Å². The molecule has 100 valence electrons. The van der Waals surface area contributed by atoms with E-state index in [2.05, 4.69) is 0 Å². The first-order valence-electron chi connectivity index (χ1n) is 5.94. The third-order valence-electron chi connectivity index (χ3n) is 2.74. The zero-order chi connectivity index (χ0) is 13.9. The summed E-state index contributed by atoms with van der Waals surface area (Å²) in [4.78, 5) is 13.0. The first-order chi connectivity index (χ1) is 9.74. The van der Waals surface area contributed by atoms with Crippen LogP contribution >= 0.6 is 34.9 Å².